The number of nitrogens with zero attached hydrogens (tertiary/aromatic N) is 3. The molecule has 1 aliphatic heterocycles. The van der Waals surface area contributed by atoms with Crippen molar-refractivity contribution in [2.24, 2.45) is 0 Å². The SMILES string of the molecule is OC[C@@H]1O[C@H](n2nc(-c3ccccc3)n(-c3ccccc3)c2=S)[C@@H](O)[C@@H]1O. The monoisotopic (exact) mass is 385 g/mol. The fraction of sp³-hybridized carbons (Fsp3) is 0.263. The quantitative estimate of drug-likeness (QED) is 0.592. The van der Waals surface area contributed by atoms with Crippen LogP contribution in [0.2, 0.25) is 0 Å². The summed E-state index contributed by atoms with van der Waals surface area (Å²) in [5.41, 5.74) is 1.66. The van der Waals surface area contributed by atoms with Gasteiger partial charge in [0.2, 0.25) is 4.77 Å². The van der Waals surface area contributed by atoms with Crippen LogP contribution in [-0.2, 0) is 4.74 Å². The molecule has 0 spiro atoms. The molecule has 0 amide bonds. The van der Waals surface area contributed by atoms with Gasteiger partial charge in [-0.25, -0.2) is 4.68 Å². The molecule has 1 fully saturated rings. The number of aliphatic hydroxyl groups is 3. The Morgan fingerprint density at radius 3 is 2.19 bits per heavy atom. The summed E-state index contributed by atoms with van der Waals surface area (Å²) in [6.45, 7) is -0.410. The first-order chi connectivity index (χ1) is 13.1. The number of benzene rings is 2. The molecule has 3 N–H and O–H groups in total. The summed E-state index contributed by atoms with van der Waals surface area (Å²) >= 11 is 5.63. The Hall–Kier alpha value is -2.36. The number of ether oxygens (including phenoxy) is 1. The summed E-state index contributed by atoms with van der Waals surface area (Å²) < 4.78 is 9.10. The fourth-order valence-corrected chi connectivity index (χ4v) is 3.55. The summed E-state index contributed by atoms with van der Waals surface area (Å²) in [6, 6.07) is 19.1. The second-order valence-corrected chi connectivity index (χ2v) is 6.68. The van der Waals surface area contributed by atoms with Crippen molar-refractivity contribution in [2.75, 3.05) is 6.61 Å². The van der Waals surface area contributed by atoms with Gasteiger partial charge in [0, 0.05) is 11.3 Å². The maximum Gasteiger partial charge on any atom is 0.205 e. The predicted octanol–water partition coefficient (Wildman–Crippen LogP) is 1.68. The lowest BCUT2D eigenvalue weighted by molar-refractivity contribution is -0.0594. The molecule has 3 aromatic rings. The van der Waals surface area contributed by atoms with Gasteiger partial charge in [-0.2, -0.15) is 0 Å². The van der Waals surface area contributed by atoms with Crippen molar-refractivity contribution in [3.8, 4) is 17.1 Å². The Labute approximate surface area is 160 Å². The van der Waals surface area contributed by atoms with E-state index in [2.05, 4.69) is 5.10 Å². The van der Waals surface area contributed by atoms with Gasteiger partial charge in [0.05, 0.1) is 6.61 Å². The van der Waals surface area contributed by atoms with Crippen LogP contribution >= 0.6 is 12.2 Å². The number of hydrogen-bond donors (Lipinski definition) is 3. The van der Waals surface area contributed by atoms with E-state index >= 15 is 0 Å². The van der Waals surface area contributed by atoms with Gasteiger partial charge in [0.15, 0.2) is 12.1 Å². The highest BCUT2D eigenvalue weighted by Crippen LogP contribution is 2.31. The number of rotatable bonds is 4. The third-order valence-electron chi connectivity index (χ3n) is 4.61. The van der Waals surface area contributed by atoms with Gasteiger partial charge in [-0.15, -0.1) is 5.10 Å². The molecule has 0 unspecified atom stereocenters. The Balaban J connectivity index is 1.88. The van der Waals surface area contributed by atoms with Gasteiger partial charge >= 0.3 is 0 Å². The van der Waals surface area contributed by atoms with Gasteiger partial charge in [0.1, 0.15) is 18.3 Å². The zero-order valence-corrected chi connectivity index (χ0v) is 15.1. The van der Waals surface area contributed by atoms with E-state index in [1.165, 1.54) is 4.68 Å². The molecule has 8 heteroatoms. The molecule has 0 saturated carbocycles. The van der Waals surface area contributed by atoms with Crippen molar-refractivity contribution in [1.29, 1.82) is 0 Å². The zero-order valence-electron chi connectivity index (χ0n) is 14.3. The molecule has 140 valence electrons. The molecule has 1 saturated heterocycles. The topological polar surface area (TPSA) is 92.7 Å². The van der Waals surface area contributed by atoms with E-state index in [-0.39, 0.29) is 0 Å². The highest BCUT2D eigenvalue weighted by atomic mass is 32.1. The van der Waals surface area contributed by atoms with Crippen LogP contribution in [0.4, 0.5) is 0 Å². The fourth-order valence-electron chi connectivity index (χ4n) is 3.21. The van der Waals surface area contributed by atoms with Crippen molar-refractivity contribution < 1.29 is 20.1 Å². The molecular weight excluding hydrogens is 366 g/mol. The van der Waals surface area contributed by atoms with E-state index in [0.29, 0.717) is 10.6 Å². The third kappa shape index (κ3) is 3.11. The van der Waals surface area contributed by atoms with Crippen LogP contribution in [0.3, 0.4) is 0 Å². The minimum Gasteiger partial charge on any atom is -0.394 e. The lowest BCUT2D eigenvalue weighted by Crippen LogP contribution is -2.33. The van der Waals surface area contributed by atoms with Crippen LogP contribution in [0, 0.1) is 4.77 Å². The summed E-state index contributed by atoms with van der Waals surface area (Å²) in [6.07, 6.45) is -4.36. The molecule has 2 heterocycles. The predicted molar refractivity (Wildman–Crippen MR) is 101 cm³/mol. The normalized spacial score (nSPS) is 25.0. The van der Waals surface area contributed by atoms with Crippen molar-refractivity contribution in [1.82, 2.24) is 14.3 Å². The average molecular weight is 385 g/mol. The molecule has 7 nitrogen and oxygen atoms in total. The number of aromatic nitrogens is 3. The van der Waals surface area contributed by atoms with Crippen LogP contribution in [0.25, 0.3) is 17.1 Å². The zero-order chi connectivity index (χ0) is 19.0. The molecular formula is C19H19N3O4S. The minimum absolute atomic E-state index is 0.315. The molecule has 1 aromatic heterocycles. The summed E-state index contributed by atoms with van der Waals surface area (Å²) in [5, 5.41) is 34.4. The second kappa shape index (κ2) is 7.34. The molecule has 0 bridgehead atoms. The van der Waals surface area contributed by atoms with Gasteiger partial charge in [-0.1, -0.05) is 48.5 Å². The summed E-state index contributed by atoms with van der Waals surface area (Å²) in [4.78, 5) is 0. The van der Waals surface area contributed by atoms with Crippen LogP contribution in [0.1, 0.15) is 6.23 Å². The van der Waals surface area contributed by atoms with Gasteiger partial charge in [-0.05, 0) is 24.4 Å². The van der Waals surface area contributed by atoms with Crippen molar-refractivity contribution >= 4 is 12.2 Å². The summed E-state index contributed by atoms with van der Waals surface area (Å²) in [7, 11) is 0. The Morgan fingerprint density at radius 2 is 1.59 bits per heavy atom. The third-order valence-corrected chi connectivity index (χ3v) is 4.98. The molecule has 0 radical (unpaired) electrons. The lowest BCUT2D eigenvalue weighted by atomic mass is 10.1. The smallest absolute Gasteiger partial charge is 0.205 e. The number of para-hydroxylation sites is 1. The molecule has 2 aromatic carbocycles. The largest absolute Gasteiger partial charge is 0.394 e. The second-order valence-electron chi connectivity index (χ2n) is 6.32. The standard InChI is InChI=1S/C19H19N3O4S/c23-11-14-15(24)16(25)18(26-14)22-19(27)21(13-9-5-2-6-10-13)17(20-22)12-7-3-1-4-8-12/h1-10,14-16,18,23-25H,11H2/t14-,15+,16-,18-/m0/s1. The van der Waals surface area contributed by atoms with Crippen molar-refractivity contribution in [2.45, 2.75) is 24.5 Å². The highest BCUT2D eigenvalue weighted by Gasteiger charge is 2.44. The van der Waals surface area contributed by atoms with Crippen molar-refractivity contribution in [3.05, 3.63) is 65.4 Å². The lowest BCUT2D eigenvalue weighted by Gasteiger charge is -2.14. The minimum atomic E-state index is -1.25. The molecule has 1 aliphatic rings. The van der Waals surface area contributed by atoms with E-state index in [1.807, 2.05) is 60.7 Å². The maximum absolute atomic E-state index is 10.4. The molecule has 4 rings (SSSR count). The average Bonchev–Trinajstić information content (AvgIpc) is 3.20. The Morgan fingerprint density at radius 1 is 0.963 bits per heavy atom. The van der Waals surface area contributed by atoms with E-state index in [4.69, 9.17) is 17.0 Å². The number of aliphatic hydroxyl groups excluding tert-OH is 3. The molecule has 27 heavy (non-hydrogen) atoms. The van der Waals surface area contributed by atoms with Gasteiger partial charge in [0.25, 0.3) is 0 Å². The van der Waals surface area contributed by atoms with E-state index in [9.17, 15) is 15.3 Å². The van der Waals surface area contributed by atoms with Crippen molar-refractivity contribution in [3.63, 3.8) is 0 Å². The Bertz CT molecular complexity index is 974. The van der Waals surface area contributed by atoms with Gasteiger partial charge in [-0.3, -0.25) is 4.57 Å². The molecule has 0 aliphatic carbocycles. The van der Waals surface area contributed by atoms with Crippen LogP contribution < -0.4 is 0 Å². The first kappa shape index (κ1) is 18.0. The van der Waals surface area contributed by atoms with E-state index in [0.717, 1.165) is 11.3 Å². The van der Waals surface area contributed by atoms with Crippen LogP contribution in [0.5, 0.6) is 0 Å². The van der Waals surface area contributed by atoms with Gasteiger partial charge < -0.3 is 20.1 Å². The Kier molecular flexibility index (Phi) is 4.90. The molecule has 4 atom stereocenters. The van der Waals surface area contributed by atoms with E-state index in [1.54, 1.807) is 4.57 Å². The first-order valence-corrected chi connectivity index (χ1v) is 8.97. The summed E-state index contributed by atoms with van der Waals surface area (Å²) in [5.74, 6) is 0.588. The first-order valence-electron chi connectivity index (χ1n) is 8.56. The van der Waals surface area contributed by atoms with Crippen LogP contribution in [-0.4, -0.2) is 54.6 Å². The number of hydrogen-bond acceptors (Lipinski definition) is 6. The maximum atomic E-state index is 10.4. The van der Waals surface area contributed by atoms with E-state index < -0.39 is 31.1 Å². The highest BCUT2D eigenvalue weighted by molar-refractivity contribution is 7.71. The van der Waals surface area contributed by atoms with Crippen LogP contribution in [0.15, 0.2) is 60.7 Å².